The van der Waals surface area contributed by atoms with E-state index in [0.717, 1.165) is 4.88 Å². The molecule has 2 heterocycles. The molecule has 0 spiro atoms. The molecule has 0 radical (unpaired) electrons. The quantitative estimate of drug-likeness (QED) is 0.711. The van der Waals surface area contributed by atoms with Gasteiger partial charge in [0.05, 0.1) is 17.4 Å². The Morgan fingerprint density at radius 3 is 2.84 bits per heavy atom. The molecule has 0 amide bonds. The number of rotatable bonds is 2. The van der Waals surface area contributed by atoms with Crippen LogP contribution >= 0.6 is 22.9 Å². The van der Waals surface area contributed by atoms with Gasteiger partial charge < -0.3 is 9.15 Å². The zero-order valence-electron chi connectivity index (χ0n) is 9.98. The summed E-state index contributed by atoms with van der Waals surface area (Å²) in [6.45, 7) is 0. The molecule has 0 bridgehead atoms. The number of ether oxygens (including phenoxy) is 1. The minimum absolute atomic E-state index is 0.206. The van der Waals surface area contributed by atoms with Crippen molar-refractivity contribution in [3.8, 4) is 16.4 Å². The number of thiophene rings is 1. The van der Waals surface area contributed by atoms with Crippen LogP contribution in [0.4, 0.5) is 0 Å². The third-order valence-electron chi connectivity index (χ3n) is 2.76. The summed E-state index contributed by atoms with van der Waals surface area (Å²) < 4.78 is 11.0. The van der Waals surface area contributed by atoms with Crippen LogP contribution in [0.1, 0.15) is 0 Å². The van der Waals surface area contributed by atoms with E-state index in [4.69, 9.17) is 20.8 Å². The molecule has 0 saturated carbocycles. The average molecular weight is 293 g/mol. The van der Waals surface area contributed by atoms with Crippen LogP contribution in [-0.4, -0.2) is 7.11 Å². The van der Waals surface area contributed by atoms with Crippen molar-refractivity contribution < 1.29 is 9.15 Å². The van der Waals surface area contributed by atoms with Crippen molar-refractivity contribution in [2.24, 2.45) is 0 Å². The second-order valence-corrected chi connectivity index (χ2v) is 5.30. The first-order valence-electron chi connectivity index (χ1n) is 5.55. The minimum atomic E-state index is -0.213. The fourth-order valence-corrected chi connectivity index (χ4v) is 2.78. The van der Waals surface area contributed by atoms with Gasteiger partial charge in [0.25, 0.3) is 0 Å². The van der Waals surface area contributed by atoms with Gasteiger partial charge in [0.1, 0.15) is 5.58 Å². The molecule has 0 N–H and O–H groups in total. The Morgan fingerprint density at radius 2 is 2.16 bits per heavy atom. The highest BCUT2D eigenvalue weighted by atomic mass is 35.5. The number of hydrogen-bond donors (Lipinski definition) is 0. The molecule has 19 heavy (non-hydrogen) atoms. The van der Waals surface area contributed by atoms with E-state index in [1.165, 1.54) is 18.4 Å². The zero-order valence-corrected chi connectivity index (χ0v) is 11.5. The second-order valence-electron chi connectivity index (χ2n) is 3.91. The summed E-state index contributed by atoms with van der Waals surface area (Å²) in [6.07, 6.45) is 0. The standard InChI is InChI=1S/C14H9ClO3S/c1-17-14-12(16)9-7-8(15)4-5-10(9)18-13(14)11-3-2-6-19-11/h2-7H,1H3. The number of fused-ring (bicyclic) bond motifs is 1. The molecule has 0 atom stereocenters. The Morgan fingerprint density at radius 1 is 1.32 bits per heavy atom. The Kier molecular flexibility index (Phi) is 3.05. The van der Waals surface area contributed by atoms with Gasteiger partial charge in [0, 0.05) is 5.02 Å². The van der Waals surface area contributed by atoms with E-state index < -0.39 is 0 Å². The predicted octanol–water partition coefficient (Wildman–Crippen LogP) is 4.18. The molecule has 2 aromatic heterocycles. The third kappa shape index (κ3) is 2.03. The van der Waals surface area contributed by atoms with Crippen LogP contribution in [0.15, 0.2) is 44.9 Å². The van der Waals surface area contributed by atoms with Crippen molar-refractivity contribution in [3.05, 3.63) is 51.0 Å². The number of methoxy groups -OCH3 is 1. The Labute approximate surface area is 118 Å². The molecule has 96 valence electrons. The third-order valence-corrected chi connectivity index (χ3v) is 3.86. The topological polar surface area (TPSA) is 39.4 Å². The summed E-state index contributed by atoms with van der Waals surface area (Å²) in [5, 5.41) is 2.83. The van der Waals surface area contributed by atoms with Gasteiger partial charge in [-0.3, -0.25) is 4.79 Å². The normalized spacial score (nSPS) is 10.8. The number of benzene rings is 1. The maximum Gasteiger partial charge on any atom is 0.235 e. The fraction of sp³-hybridized carbons (Fsp3) is 0.0714. The van der Waals surface area contributed by atoms with Gasteiger partial charge in [-0.25, -0.2) is 0 Å². The van der Waals surface area contributed by atoms with Crippen LogP contribution in [0.25, 0.3) is 21.6 Å². The Bertz CT molecular complexity index is 790. The average Bonchev–Trinajstić information content (AvgIpc) is 2.93. The summed E-state index contributed by atoms with van der Waals surface area (Å²) in [5.74, 6) is 0.662. The maximum absolute atomic E-state index is 12.4. The lowest BCUT2D eigenvalue weighted by atomic mass is 10.2. The molecule has 3 nitrogen and oxygen atoms in total. The van der Waals surface area contributed by atoms with Gasteiger partial charge in [-0.1, -0.05) is 17.7 Å². The van der Waals surface area contributed by atoms with E-state index in [-0.39, 0.29) is 11.2 Å². The van der Waals surface area contributed by atoms with E-state index >= 15 is 0 Å². The van der Waals surface area contributed by atoms with Crippen molar-refractivity contribution in [1.29, 1.82) is 0 Å². The van der Waals surface area contributed by atoms with E-state index in [2.05, 4.69) is 0 Å². The van der Waals surface area contributed by atoms with E-state index in [9.17, 15) is 4.79 Å². The Hall–Kier alpha value is -1.78. The molecule has 0 aliphatic rings. The monoisotopic (exact) mass is 292 g/mol. The van der Waals surface area contributed by atoms with Crippen molar-refractivity contribution in [3.63, 3.8) is 0 Å². The largest absolute Gasteiger partial charge is 0.490 e. The van der Waals surface area contributed by atoms with Crippen molar-refractivity contribution in [1.82, 2.24) is 0 Å². The van der Waals surface area contributed by atoms with E-state index in [0.29, 0.717) is 21.8 Å². The minimum Gasteiger partial charge on any atom is -0.490 e. The molecule has 0 fully saturated rings. The van der Waals surface area contributed by atoms with E-state index in [1.54, 1.807) is 18.2 Å². The molecule has 0 aliphatic heterocycles. The van der Waals surface area contributed by atoms with Crippen molar-refractivity contribution in [2.45, 2.75) is 0 Å². The van der Waals surface area contributed by atoms with E-state index in [1.807, 2.05) is 17.5 Å². The van der Waals surface area contributed by atoms with Crippen LogP contribution < -0.4 is 10.2 Å². The predicted molar refractivity (Wildman–Crippen MR) is 77.4 cm³/mol. The lowest BCUT2D eigenvalue weighted by Gasteiger charge is -2.07. The summed E-state index contributed by atoms with van der Waals surface area (Å²) in [6, 6.07) is 8.75. The molecular formula is C14H9ClO3S. The van der Waals surface area contributed by atoms with Gasteiger partial charge in [-0.15, -0.1) is 11.3 Å². The number of halogens is 1. The molecule has 0 unspecified atom stereocenters. The van der Waals surface area contributed by atoms with Gasteiger partial charge in [0.15, 0.2) is 5.76 Å². The maximum atomic E-state index is 12.4. The lowest BCUT2D eigenvalue weighted by Crippen LogP contribution is -2.07. The molecule has 3 rings (SSSR count). The smallest absolute Gasteiger partial charge is 0.235 e. The van der Waals surface area contributed by atoms with Crippen LogP contribution in [0, 0.1) is 0 Å². The summed E-state index contributed by atoms with van der Waals surface area (Å²) in [4.78, 5) is 13.2. The van der Waals surface area contributed by atoms with Gasteiger partial charge in [-0.05, 0) is 29.6 Å². The lowest BCUT2D eigenvalue weighted by molar-refractivity contribution is 0.399. The van der Waals surface area contributed by atoms with Crippen LogP contribution in [0.2, 0.25) is 5.02 Å². The summed E-state index contributed by atoms with van der Waals surface area (Å²) >= 11 is 7.39. The highest BCUT2D eigenvalue weighted by Crippen LogP contribution is 2.33. The highest BCUT2D eigenvalue weighted by Gasteiger charge is 2.17. The van der Waals surface area contributed by atoms with Crippen molar-refractivity contribution >= 4 is 33.9 Å². The highest BCUT2D eigenvalue weighted by molar-refractivity contribution is 7.13. The number of hydrogen-bond acceptors (Lipinski definition) is 4. The van der Waals surface area contributed by atoms with Crippen LogP contribution in [-0.2, 0) is 0 Å². The molecule has 1 aromatic carbocycles. The van der Waals surface area contributed by atoms with Crippen molar-refractivity contribution in [2.75, 3.05) is 7.11 Å². The molecule has 0 aliphatic carbocycles. The molecule has 0 saturated heterocycles. The van der Waals surface area contributed by atoms with Gasteiger partial charge in [-0.2, -0.15) is 0 Å². The Balaban J connectivity index is 2.41. The molecule has 5 heteroatoms. The summed E-state index contributed by atoms with van der Waals surface area (Å²) in [5.41, 5.74) is 0.285. The van der Waals surface area contributed by atoms with Gasteiger partial charge in [0.2, 0.25) is 11.2 Å². The van der Waals surface area contributed by atoms with Crippen LogP contribution in [0.5, 0.6) is 5.75 Å². The molecular weight excluding hydrogens is 284 g/mol. The first-order valence-corrected chi connectivity index (χ1v) is 6.80. The first kappa shape index (κ1) is 12.3. The summed E-state index contributed by atoms with van der Waals surface area (Å²) in [7, 11) is 1.46. The van der Waals surface area contributed by atoms with Gasteiger partial charge >= 0.3 is 0 Å². The molecule has 3 aromatic rings. The SMILES string of the molecule is COc1c(-c2cccs2)oc2ccc(Cl)cc2c1=O. The fourth-order valence-electron chi connectivity index (χ4n) is 1.91. The second kappa shape index (κ2) is 4.72. The zero-order chi connectivity index (χ0) is 13.4. The first-order chi connectivity index (χ1) is 9.20. The van der Waals surface area contributed by atoms with Crippen LogP contribution in [0.3, 0.4) is 0 Å².